The molecule has 0 aliphatic heterocycles. The molecule has 0 unspecified atom stereocenters. The van der Waals surface area contributed by atoms with Gasteiger partial charge < -0.3 is 42.0 Å². The van der Waals surface area contributed by atoms with Gasteiger partial charge in [-0.3, -0.25) is 9.78 Å². The third-order valence-corrected chi connectivity index (χ3v) is 15.3. The van der Waals surface area contributed by atoms with E-state index in [1.54, 1.807) is 60.3 Å². The van der Waals surface area contributed by atoms with Crippen LogP contribution in [0.2, 0.25) is 0 Å². The minimum atomic E-state index is -0.327. The Bertz CT molecular complexity index is 3990. The molecule has 0 aliphatic carbocycles. The van der Waals surface area contributed by atoms with Crippen LogP contribution < -0.4 is 28.4 Å². The Morgan fingerprint density at radius 3 is 1.95 bits per heavy atom. The van der Waals surface area contributed by atoms with Crippen molar-refractivity contribution in [3.05, 3.63) is 124 Å². The SMILES string of the molecule is COc1cc(OCc2csc(-c3ccnc(COc4nn5cc(-c6cc7c(OCc8nc(-c9cccc(COC(C)=O)c9)sc8C)cc(OC)cc7o6)nc5s4)c3)n2)c2cc(-c3cn4nc(OC)sc4n3)oc2c1. The summed E-state index contributed by atoms with van der Waals surface area (Å²) < 4.78 is 56.3. The molecule has 12 aromatic rings. The van der Waals surface area contributed by atoms with Gasteiger partial charge in [-0.15, -0.1) is 32.9 Å². The van der Waals surface area contributed by atoms with Crippen LogP contribution in [0.3, 0.4) is 0 Å². The Kier molecular flexibility index (Phi) is 12.3. The number of imidazole rings is 2. The first-order valence-corrected chi connectivity index (χ1v) is 25.9. The number of carbonyl (C=O) groups is 1. The highest BCUT2D eigenvalue weighted by molar-refractivity contribution is 7.18. The Labute approximate surface area is 435 Å². The zero-order valence-corrected chi connectivity index (χ0v) is 43.1. The van der Waals surface area contributed by atoms with Gasteiger partial charge in [0, 0.05) is 58.8 Å². The predicted molar refractivity (Wildman–Crippen MR) is 278 cm³/mol. The molecule has 0 aliphatic rings. The maximum Gasteiger partial charge on any atom is 0.302 e. The van der Waals surface area contributed by atoms with E-state index in [2.05, 4.69) is 20.2 Å². The average molecular weight is 1070 g/mol. The Hall–Kier alpha value is -8.38. The third-order valence-electron chi connectivity index (χ3n) is 11.6. The Morgan fingerprint density at radius 1 is 0.635 bits per heavy atom. The zero-order valence-electron chi connectivity index (χ0n) is 39.8. The number of esters is 1. The summed E-state index contributed by atoms with van der Waals surface area (Å²) in [6, 6.07) is 22.8. The standard InChI is InChI=1S/C51H39N9O10S4/c1-26-39(54-47(72-26)29-8-6-7-28(11-29)21-65-27(2)61)24-67-41-14-34(63-4)16-43-36(41)18-45(70-43)38-20-60-49(56-38)74-51(58-60)68-22-31-12-30(9-10-52-31)46-53-32(25-71-46)23-66-40-13-33(62-3)15-42-35(40)17-44(69-42)37-19-59-48(55-37)73-50(57-59)64-5/h6-20,25H,21-24H2,1-5H3. The first-order valence-electron chi connectivity index (χ1n) is 22.6. The van der Waals surface area contributed by atoms with E-state index >= 15 is 0 Å². The number of methoxy groups -OCH3 is 3. The molecule has 0 amide bonds. The second kappa shape index (κ2) is 19.6. The molecule has 0 saturated carbocycles. The second-order valence-corrected chi connectivity index (χ2v) is 20.4. The molecule has 0 N–H and O–H groups in total. The smallest absolute Gasteiger partial charge is 0.302 e. The predicted octanol–water partition coefficient (Wildman–Crippen LogP) is 11.5. The van der Waals surface area contributed by atoms with Gasteiger partial charge in [0.15, 0.2) is 11.5 Å². The van der Waals surface area contributed by atoms with Gasteiger partial charge >= 0.3 is 5.97 Å². The number of thiazole rings is 2. The fraction of sp³-hybridized carbons (Fsp3) is 0.176. The molecule has 12 rings (SSSR count). The summed E-state index contributed by atoms with van der Waals surface area (Å²) in [5.41, 5.74) is 7.37. The van der Waals surface area contributed by atoms with Gasteiger partial charge in [0.25, 0.3) is 10.4 Å². The number of aromatic nitrogens is 9. The third kappa shape index (κ3) is 9.43. The van der Waals surface area contributed by atoms with Crippen molar-refractivity contribution in [3.8, 4) is 77.4 Å². The number of carbonyl (C=O) groups excluding carboxylic acids is 1. The van der Waals surface area contributed by atoms with Crippen LogP contribution in [-0.4, -0.2) is 71.4 Å². The molecular weight excluding hydrogens is 1030 g/mol. The number of fused-ring (bicyclic) bond motifs is 4. The molecule has 0 bridgehead atoms. The van der Waals surface area contributed by atoms with Gasteiger partial charge in [0.2, 0.25) is 9.92 Å². The molecule has 9 heterocycles. The van der Waals surface area contributed by atoms with E-state index in [0.29, 0.717) is 83.1 Å². The fourth-order valence-electron chi connectivity index (χ4n) is 7.93. The first kappa shape index (κ1) is 46.7. The topological polar surface area (TPSA) is 207 Å². The molecule has 372 valence electrons. The van der Waals surface area contributed by atoms with Crippen molar-refractivity contribution >= 4 is 83.2 Å². The molecule has 74 heavy (non-hydrogen) atoms. The van der Waals surface area contributed by atoms with Crippen molar-refractivity contribution in [1.29, 1.82) is 0 Å². The summed E-state index contributed by atoms with van der Waals surface area (Å²) in [7, 11) is 4.77. The molecule has 23 heteroatoms. The monoisotopic (exact) mass is 1070 g/mol. The molecule has 0 fully saturated rings. The lowest BCUT2D eigenvalue weighted by Crippen LogP contribution is -1.99. The summed E-state index contributed by atoms with van der Waals surface area (Å²) in [6.45, 7) is 4.23. The van der Waals surface area contributed by atoms with Crippen LogP contribution in [0.5, 0.6) is 33.4 Å². The average Bonchev–Trinajstić information content (AvgIpc) is 4.28. The number of aryl methyl sites for hydroxylation is 1. The van der Waals surface area contributed by atoms with Gasteiger partial charge in [-0.2, -0.15) is 0 Å². The summed E-state index contributed by atoms with van der Waals surface area (Å²) >= 11 is 5.72. The van der Waals surface area contributed by atoms with Crippen molar-refractivity contribution in [2.75, 3.05) is 21.3 Å². The van der Waals surface area contributed by atoms with Crippen molar-refractivity contribution in [2.45, 2.75) is 40.3 Å². The molecule has 9 aromatic heterocycles. The zero-order chi connectivity index (χ0) is 50.5. The van der Waals surface area contributed by atoms with E-state index in [1.807, 2.05) is 85.1 Å². The van der Waals surface area contributed by atoms with Crippen LogP contribution in [0.25, 0.3) is 75.9 Å². The number of furan rings is 2. The number of ether oxygens (including phenoxy) is 7. The largest absolute Gasteiger partial charge is 0.496 e. The number of rotatable bonds is 18. The maximum absolute atomic E-state index is 11.3. The van der Waals surface area contributed by atoms with E-state index < -0.39 is 0 Å². The second-order valence-electron chi connectivity index (χ2n) is 16.5. The number of nitrogens with zero attached hydrogens (tertiary/aromatic N) is 9. The molecule has 0 spiro atoms. The molecule has 3 aromatic carbocycles. The summed E-state index contributed by atoms with van der Waals surface area (Å²) in [5, 5.41) is 15.1. The minimum absolute atomic E-state index is 0.180. The van der Waals surface area contributed by atoms with E-state index in [9.17, 15) is 4.79 Å². The lowest BCUT2D eigenvalue weighted by molar-refractivity contribution is -0.142. The quantitative estimate of drug-likeness (QED) is 0.0732. The van der Waals surface area contributed by atoms with Crippen LogP contribution in [0.1, 0.15) is 34.4 Å². The Morgan fingerprint density at radius 2 is 1.28 bits per heavy atom. The number of hydrogen-bond acceptors (Lipinski definition) is 21. The van der Waals surface area contributed by atoms with Gasteiger partial charge in [-0.05, 0) is 65.5 Å². The molecule has 0 radical (unpaired) electrons. The lowest BCUT2D eigenvalue weighted by Gasteiger charge is -2.08. The van der Waals surface area contributed by atoms with E-state index in [4.69, 9.17) is 56.9 Å². The van der Waals surface area contributed by atoms with Crippen molar-refractivity contribution in [3.63, 3.8) is 0 Å². The first-order chi connectivity index (χ1) is 36.1. The van der Waals surface area contributed by atoms with Crippen LogP contribution in [0.4, 0.5) is 0 Å². The molecular formula is C51H39N9O10S4. The number of benzene rings is 3. The van der Waals surface area contributed by atoms with E-state index in [1.165, 1.54) is 40.9 Å². The maximum atomic E-state index is 11.3. The van der Waals surface area contributed by atoms with Crippen LogP contribution in [0.15, 0.2) is 106 Å². The van der Waals surface area contributed by atoms with Gasteiger partial charge in [0.05, 0.1) is 61.6 Å². The van der Waals surface area contributed by atoms with E-state index in [0.717, 1.165) is 53.7 Å². The molecule has 0 saturated heterocycles. The van der Waals surface area contributed by atoms with Crippen molar-refractivity contribution in [1.82, 2.24) is 44.1 Å². The molecule has 0 atom stereocenters. The number of hydrogen-bond donors (Lipinski definition) is 0. The number of pyridine rings is 1. The Balaban J connectivity index is 0.691. The normalized spacial score (nSPS) is 11.6. The highest BCUT2D eigenvalue weighted by Crippen LogP contribution is 2.40. The van der Waals surface area contributed by atoms with E-state index in [-0.39, 0.29) is 32.4 Å². The van der Waals surface area contributed by atoms with Crippen molar-refractivity contribution in [2.24, 2.45) is 0 Å². The van der Waals surface area contributed by atoms with Gasteiger partial charge in [0.1, 0.15) is 82.0 Å². The molecule has 19 nitrogen and oxygen atoms in total. The lowest BCUT2D eigenvalue weighted by atomic mass is 10.1. The van der Waals surface area contributed by atoms with Gasteiger partial charge in [-0.1, -0.05) is 18.2 Å². The summed E-state index contributed by atoms with van der Waals surface area (Å²) in [4.78, 5) is 37.5. The van der Waals surface area contributed by atoms with Crippen LogP contribution in [-0.2, 0) is 36.0 Å². The van der Waals surface area contributed by atoms with Crippen LogP contribution in [0, 0.1) is 6.92 Å². The fourth-order valence-corrected chi connectivity index (χ4v) is 11.1. The highest BCUT2D eigenvalue weighted by Gasteiger charge is 2.21. The van der Waals surface area contributed by atoms with Crippen molar-refractivity contribution < 1.29 is 46.8 Å². The summed E-state index contributed by atoms with van der Waals surface area (Å²) in [6.07, 6.45) is 5.32. The highest BCUT2D eigenvalue weighted by atomic mass is 32.1. The minimum Gasteiger partial charge on any atom is -0.496 e. The summed E-state index contributed by atoms with van der Waals surface area (Å²) in [5.74, 6) is 3.11. The van der Waals surface area contributed by atoms with Crippen LogP contribution >= 0.6 is 45.3 Å². The van der Waals surface area contributed by atoms with Gasteiger partial charge in [-0.25, -0.2) is 29.0 Å².